The molecule has 0 bridgehead atoms. The summed E-state index contributed by atoms with van der Waals surface area (Å²) in [7, 11) is -1.69. The van der Waals surface area contributed by atoms with Crippen molar-refractivity contribution in [2.24, 2.45) is 5.41 Å². The fraction of sp³-hybridized carbons (Fsp3) is 0.714. The molecule has 0 saturated carbocycles. The Hall–Kier alpha value is 0.0500. The lowest BCUT2D eigenvalue weighted by atomic mass is 9.82. The highest BCUT2D eigenvalue weighted by Gasteiger charge is 2.32. The fourth-order valence-corrected chi connectivity index (χ4v) is 6.73. The minimum atomic E-state index is -3.53. The van der Waals surface area contributed by atoms with Crippen LogP contribution in [0.2, 0.25) is 0 Å². The third-order valence-corrected chi connectivity index (χ3v) is 6.68. The van der Waals surface area contributed by atoms with Crippen LogP contribution in [0.5, 0.6) is 0 Å². The van der Waals surface area contributed by atoms with Crippen LogP contribution in [0.25, 0.3) is 0 Å². The van der Waals surface area contributed by atoms with E-state index in [-0.39, 0.29) is 5.41 Å². The number of sulfonamides is 1. The van der Waals surface area contributed by atoms with E-state index in [4.69, 9.17) is 0 Å². The van der Waals surface area contributed by atoms with Crippen molar-refractivity contribution < 1.29 is 8.42 Å². The van der Waals surface area contributed by atoms with Gasteiger partial charge < -0.3 is 5.32 Å². The van der Waals surface area contributed by atoms with Gasteiger partial charge in [0.1, 0.15) is 4.90 Å². The van der Waals surface area contributed by atoms with Crippen molar-refractivity contribution in [1.82, 2.24) is 10.0 Å². The van der Waals surface area contributed by atoms with Crippen molar-refractivity contribution in [2.45, 2.75) is 58.0 Å². The molecule has 0 aliphatic heterocycles. The van der Waals surface area contributed by atoms with Gasteiger partial charge in [-0.25, -0.2) is 13.1 Å². The van der Waals surface area contributed by atoms with Gasteiger partial charge in [0, 0.05) is 17.0 Å². The predicted molar refractivity (Wildman–Crippen MR) is 93.3 cm³/mol. The van der Waals surface area contributed by atoms with E-state index in [1.807, 2.05) is 20.9 Å². The van der Waals surface area contributed by atoms with Crippen LogP contribution in [0, 0.1) is 5.41 Å². The smallest absolute Gasteiger partial charge is 0.243 e. The number of hydrogen-bond acceptors (Lipinski definition) is 4. The normalized spacial score (nSPS) is 13.7. The Bertz CT molecular complexity index is 587. The molecule has 0 spiro atoms. The zero-order valence-electron chi connectivity index (χ0n) is 13.5. The van der Waals surface area contributed by atoms with Gasteiger partial charge in [0.25, 0.3) is 0 Å². The molecule has 122 valence electrons. The summed E-state index contributed by atoms with van der Waals surface area (Å²) in [4.78, 5) is 1.30. The SMILES string of the molecule is CNCc1cc(S(=O)(=O)NC(C)(C)CC(C)(C)C)c(Br)s1. The first-order valence-corrected chi connectivity index (χ1v) is 9.92. The van der Waals surface area contributed by atoms with Gasteiger partial charge in [-0.3, -0.25) is 0 Å². The maximum atomic E-state index is 12.6. The monoisotopic (exact) mass is 396 g/mol. The summed E-state index contributed by atoms with van der Waals surface area (Å²) in [6, 6.07) is 1.72. The second-order valence-corrected chi connectivity index (χ2v) is 11.2. The number of nitrogens with one attached hydrogen (secondary N) is 2. The first-order chi connectivity index (χ1) is 9.36. The molecule has 0 aliphatic rings. The number of rotatable bonds is 6. The third-order valence-electron chi connectivity index (χ3n) is 2.73. The molecule has 21 heavy (non-hydrogen) atoms. The first kappa shape index (κ1) is 19.1. The molecule has 0 aromatic carbocycles. The molecule has 0 amide bonds. The van der Waals surface area contributed by atoms with Crippen molar-refractivity contribution in [3.63, 3.8) is 0 Å². The van der Waals surface area contributed by atoms with Gasteiger partial charge in [-0.05, 0) is 54.7 Å². The van der Waals surface area contributed by atoms with Crippen molar-refractivity contribution in [1.29, 1.82) is 0 Å². The molecule has 1 aromatic heterocycles. The summed E-state index contributed by atoms with van der Waals surface area (Å²) < 4.78 is 28.7. The van der Waals surface area contributed by atoms with Gasteiger partial charge in [0.2, 0.25) is 10.0 Å². The van der Waals surface area contributed by atoms with Crippen LogP contribution in [0.15, 0.2) is 14.7 Å². The maximum absolute atomic E-state index is 12.6. The fourth-order valence-electron chi connectivity index (χ4n) is 2.62. The molecule has 1 rings (SSSR count). The third kappa shape index (κ3) is 5.98. The molecule has 0 atom stereocenters. The molecular formula is C14H25BrN2O2S2. The van der Waals surface area contributed by atoms with Crippen LogP contribution in [-0.2, 0) is 16.6 Å². The Morgan fingerprint density at radius 2 is 1.81 bits per heavy atom. The van der Waals surface area contributed by atoms with Gasteiger partial charge in [-0.2, -0.15) is 0 Å². The number of halogens is 1. The zero-order chi connectivity index (χ0) is 16.5. The van der Waals surface area contributed by atoms with E-state index in [9.17, 15) is 8.42 Å². The van der Waals surface area contributed by atoms with E-state index in [0.717, 1.165) is 11.3 Å². The van der Waals surface area contributed by atoms with E-state index in [1.165, 1.54) is 11.3 Å². The lowest BCUT2D eigenvalue weighted by Crippen LogP contribution is -2.45. The second kappa shape index (κ2) is 6.66. The van der Waals surface area contributed by atoms with E-state index in [2.05, 4.69) is 46.7 Å². The molecule has 0 radical (unpaired) electrons. The van der Waals surface area contributed by atoms with Gasteiger partial charge in [0.05, 0.1) is 3.79 Å². The summed E-state index contributed by atoms with van der Waals surface area (Å²) in [6.45, 7) is 10.8. The van der Waals surface area contributed by atoms with Gasteiger partial charge >= 0.3 is 0 Å². The maximum Gasteiger partial charge on any atom is 0.243 e. The highest BCUT2D eigenvalue weighted by molar-refractivity contribution is 9.11. The molecular weight excluding hydrogens is 372 g/mol. The Morgan fingerprint density at radius 3 is 2.29 bits per heavy atom. The largest absolute Gasteiger partial charge is 0.315 e. The van der Waals surface area contributed by atoms with Crippen molar-refractivity contribution in [3.8, 4) is 0 Å². The summed E-state index contributed by atoms with van der Waals surface area (Å²) in [5.74, 6) is 0. The van der Waals surface area contributed by atoms with Gasteiger partial charge in [-0.1, -0.05) is 20.8 Å². The molecule has 0 unspecified atom stereocenters. The summed E-state index contributed by atoms with van der Waals surface area (Å²) in [5, 5.41) is 3.03. The Kier molecular flexibility index (Phi) is 6.06. The summed E-state index contributed by atoms with van der Waals surface area (Å²) in [6.07, 6.45) is 0.754. The molecule has 0 aliphatic carbocycles. The van der Waals surface area contributed by atoms with Crippen LogP contribution in [-0.4, -0.2) is 21.0 Å². The minimum Gasteiger partial charge on any atom is -0.315 e. The van der Waals surface area contributed by atoms with E-state index in [1.54, 1.807) is 6.07 Å². The summed E-state index contributed by atoms with van der Waals surface area (Å²) in [5.41, 5.74) is -0.448. The molecule has 1 heterocycles. The van der Waals surface area contributed by atoms with Crippen LogP contribution in [0.1, 0.15) is 45.9 Å². The van der Waals surface area contributed by atoms with Crippen molar-refractivity contribution >= 4 is 37.3 Å². The highest BCUT2D eigenvalue weighted by Crippen LogP contribution is 2.34. The zero-order valence-corrected chi connectivity index (χ0v) is 16.7. The van der Waals surface area contributed by atoms with Crippen molar-refractivity contribution in [3.05, 3.63) is 14.7 Å². The van der Waals surface area contributed by atoms with Crippen molar-refractivity contribution in [2.75, 3.05) is 7.05 Å². The predicted octanol–water partition coefficient (Wildman–Crippen LogP) is 3.72. The average Bonchev–Trinajstić information content (AvgIpc) is 2.54. The summed E-state index contributed by atoms with van der Waals surface area (Å²) >= 11 is 4.80. The Labute approximate surface area is 140 Å². The molecule has 7 heteroatoms. The first-order valence-electron chi connectivity index (χ1n) is 6.83. The lowest BCUT2D eigenvalue weighted by Gasteiger charge is -2.32. The van der Waals surface area contributed by atoms with E-state index < -0.39 is 15.6 Å². The topological polar surface area (TPSA) is 58.2 Å². The molecule has 4 nitrogen and oxygen atoms in total. The standard InChI is InChI=1S/C14H25BrN2O2S2/c1-13(2,3)9-14(4,5)17-21(18,19)11-7-10(8-16-6)20-12(11)15/h7,16-17H,8-9H2,1-6H3. The molecule has 2 N–H and O–H groups in total. The molecule has 0 fully saturated rings. The minimum absolute atomic E-state index is 0.0508. The Balaban J connectivity index is 3.01. The van der Waals surface area contributed by atoms with Gasteiger partial charge in [-0.15, -0.1) is 11.3 Å². The van der Waals surface area contributed by atoms with Crippen LogP contribution in [0.3, 0.4) is 0 Å². The van der Waals surface area contributed by atoms with E-state index in [0.29, 0.717) is 15.2 Å². The molecule has 0 saturated heterocycles. The highest BCUT2D eigenvalue weighted by atomic mass is 79.9. The Morgan fingerprint density at radius 1 is 1.24 bits per heavy atom. The number of thiophene rings is 1. The average molecular weight is 397 g/mol. The van der Waals surface area contributed by atoms with Crippen LogP contribution >= 0.6 is 27.3 Å². The van der Waals surface area contributed by atoms with Gasteiger partial charge in [0.15, 0.2) is 0 Å². The number of hydrogen-bond donors (Lipinski definition) is 2. The quantitative estimate of drug-likeness (QED) is 0.769. The second-order valence-electron chi connectivity index (χ2n) is 7.11. The lowest BCUT2D eigenvalue weighted by molar-refractivity contribution is 0.269. The van der Waals surface area contributed by atoms with Crippen LogP contribution < -0.4 is 10.0 Å². The molecule has 1 aromatic rings. The van der Waals surface area contributed by atoms with E-state index >= 15 is 0 Å². The van der Waals surface area contributed by atoms with Crippen LogP contribution in [0.4, 0.5) is 0 Å².